The van der Waals surface area contributed by atoms with Crippen molar-refractivity contribution in [3.05, 3.63) is 29.8 Å². The van der Waals surface area contributed by atoms with E-state index in [0.717, 1.165) is 0 Å². The normalized spacial score (nSPS) is 13.0. The average molecular weight is 206 g/mol. The fourth-order valence-corrected chi connectivity index (χ4v) is 4.07. The van der Waals surface area contributed by atoms with Crippen LogP contribution in [0.1, 0.15) is 26.3 Å². The molecule has 1 aromatic carbocycles. The van der Waals surface area contributed by atoms with Crippen molar-refractivity contribution in [1.29, 1.82) is 0 Å². The summed E-state index contributed by atoms with van der Waals surface area (Å²) < 4.78 is 0. The third-order valence-corrected chi connectivity index (χ3v) is 9.35. The van der Waals surface area contributed by atoms with E-state index in [2.05, 4.69) is 65.1 Å². The predicted molar refractivity (Wildman–Crippen MR) is 68.0 cm³/mol. The van der Waals surface area contributed by atoms with E-state index in [1.807, 2.05) is 0 Å². The first-order chi connectivity index (χ1) is 6.27. The summed E-state index contributed by atoms with van der Waals surface area (Å²) in [4.78, 5) is 0. The highest BCUT2D eigenvalue weighted by molar-refractivity contribution is 6.92. The highest BCUT2D eigenvalue weighted by atomic mass is 28.3. The third kappa shape index (κ3) is 1.93. The van der Waals surface area contributed by atoms with E-state index in [4.69, 9.17) is 0 Å². The van der Waals surface area contributed by atoms with Crippen LogP contribution in [0, 0.1) is 6.92 Å². The Hall–Kier alpha value is -0.563. The van der Waals surface area contributed by atoms with Gasteiger partial charge in [-0.2, -0.15) is 0 Å². The van der Waals surface area contributed by atoms with Crippen LogP contribution in [0.15, 0.2) is 24.3 Å². The highest BCUT2D eigenvalue weighted by Crippen LogP contribution is 2.35. The first-order valence-electron chi connectivity index (χ1n) is 5.33. The van der Waals surface area contributed by atoms with E-state index in [9.17, 15) is 0 Å². The molecule has 1 aromatic rings. The molecule has 0 aliphatic rings. The van der Waals surface area contributed by atoms with Crippen molar-refractivity contribution in [1.82, 2.24) is 0 Å². The zero-order valence-electron chi connectivity index (χ0n) is 10.3. The first kappa shape index (κ1) is 11.5. The Kier molecular flexibility index (Phi) is 2.91. The molecule has 0 spiro atoms. The van der Waals surface area contributed by atoms with Crippen LogP contribution >= 0.6 is 0 Å². The summed E-state index contributed by atoms with van der Waals surface area (Å²) in [5.41, 5.74) is 1.46. The van der Waals surface area contributed by atoms with Crippen LogP contribution < -0.4 is 5.19 Å². The molecule has 1 heteroatoms. The Morgan fingerprint density at radius 3 is 1.93 bits per heavy atom. The molecule has 0 aliphatic heterocycles. The molecule has 14 heavy (non-hydrogen) atoms. The zero-order chi connectivity index (χ0) is 11.0. The van der Waals surface area contributed by atoms with Gasteiger partial charge in [-0.3, -0.25) is 0 Å². The molecular formula is C13H22Si. The molecule has 0 bridgehead atoms. The van der Waals surface area contributed by atoms with Crippen LogP contribution in [-0.2, 0) is 0 Å². The smallest absolute Gasteiger partial charge is 0.0650 e. The van der Waals surface area contributed by atoms with Gasteiger partial charge in [0, 0.05) is 0 Å². The second kappa shape index (κ2) is 3.54. The van der Waals surface area contributed by atoms with E-state index in [1.54, 1.807) is 5.19 Å². The van der Waals surface area contributed by atoms with Crippen molar-refractivity contribution < 1.29 is 0 Å². The van der Waals surface area contributed by atoms with Crippen molar-refractivity contribution in [3.8, 4) is 0 Å². The summed E-state index contributed by atoms with van der Waals surface area (Å²) in [5.74, 6) is 0. The number of hydrogen-bond donors (Lipinski definition) is 0. The maximum Gasteiger partial charge on any atom is 0.0862 e. The minimum absolute atomic E-state index is 0.430. The Morgan fingerprint density at radius 1 is 1.00 bits per heavy atom. The van der Waals surface area contributed by atoms with Gasteiger partial charge in [0.15, 0.2) is 0 Å². The van der Waals surface area contributed by atoms with Gasteiger partial charge in [-0.05, 0) is 12.0 Å². The fourth-order valence-electron chi connectivity index (χ4n) is 1.68. The monoisotopic (exact) mass is 206 g/mol. The van der Waals surface area contributed by atoms with Gasteiger partial charge in [0.05, 0.1) is 8.07 Å². The molecule has 0 unspecified atom stereocenters. The molecule has 78 valence electrons. The van der Waals surface area contributed by atoms with Gasteiger partial charge in [-0.1, -0.05) is 68.9 Å². The summed E-state index contributed by atoms with van der Waals surface area (Å²) in [7, 11) is -1.33. The van der Waals surface area contributed by atoms with Crippen molar-refractivity contribution >= 4 is 13.3 Å². The van der Waals surface area contributed by atoms with Crippen LogP contribution in [0.5, 0.6) is 0 Å². The largest absolute Gasteiger partial charge is 0.0862 e. The lowest BCUT2D eigenvalue weighted by Crippen LogP contribution is -2.50. The molecular weight excluding hydrogens is 184 g/mol. The number of hydrogen-bond acceptors (Lipinski definition) is 0. The van der Waals surface area contributed by atoms with Crippen LogP contribution in [-0.4, -0.2) is 8.07 Å². The van der Waals surface area contributed by atoms with E-state index in [1.165, 1.54) is 5.56 Å². The topological polar surface area (TPSA) is 0 Å². The Labute approximate surface area is 89.4 Å². The SMILES string of the molecule is Cc1ccccc1[Si](C)(C)C(C)(C)C. The maximum atomic E-state index is 2.47. The zero-order valence-corrected chi connectivity index (χ0v) is 11.3. The van der Waals surface area contributed by atoms with Gasteiger partial charge in [0.2, 0.25) is 0 Å². The van der Waals surface area contributed by atoms with Gasteiger partial charge in [0.1, 0.15) is 0 Å². The lowest BCUT2D eigenvalue weighted by atomic mass is 10.2. The van der Waals surface area contributed by atoms with Gasteiger partial charge >= 0.3 is 0 Å². The quantitative estimate of drug-likeness (QED) is 0.615. The van der Waals surface area contributed by atoms with Gasteiger partial charge < -0.3 is 0 Å². The molecule has 1 rings (SSSR count). The van der Waals surface area contributed by atoms with Crippen molar-refractivity contribution in [2.75, 3.05) is 0 Å². The van der Waals surface area contributed by atoms with Crippen molar-refractivity contribution in [3.63, 3.8) is 0 Å². The van der Waals surface area contributed by atoms with Crippen LogP contribution in [0.25, 0.3) is 0 Å². The molecule has 0 aliphatic carbocycles. The van der Waals surface area contributed by atoms with Crippen molar-refractivity contribution in [2.45, 2.75) is 45.8 Å². The summed E-state index contributed by atoms with van der Waals surface area (Å²) in [6.07, 6.45) is 0. The number of rotatable bonds is 1. The lowest BCUT2D eigenvalue weighted by Gasteiger charge is -2.38. The molecule has 0 amide bonds. The van der Waals surface area contributed by atoms with E-state index in [-0.39, 0.29) is 0 Å². The molecule has 0 N–H and O–H groups in total. The Morgan fingerprint density at radius 2 is 1.50 bits per heavy atom. The molecule has 0 saturated heterocycles. The molecule has 0 saturated carbocycles. The summed E-state index contributed by atoms with van der Waals surface area (Å²) >= 11 is 0. The van der Waals surface area contributed by atoms with Gasteiger partial charge in [-0.25, -0.2) is 0 Å². The molecule has 0 heterocycles. The highest BCUT2D eigenvalue weighted by Gasteiger charge is 2.37. The molecule has 0 aromatic heterocycles. The van der Waals surface area contributed by atoms with Crippen LogP contribution in [0.3, 0.4) is 0 Å². The molecule has 0 atom stereocenters. The van der Waals surface area contributed by atoms with Crippen molar-refractivity contribution in [2.24, 2.45) is 0 Å². The molecule has 0 fully saturated rings. The Bertz CT molecular complexity index is 318. The molecule has 0 radical (unpaired) electrons. The average Bonchev–Trinajstić information content (AvgIpc) is 2.02. The summed E-state index contributed by atoms with van der Waals surface area (Å²) in [6, 6.07) is 8.84. The number of benzene rings is 1. The molecule has 0 nitrogen and oxygen atoms in total. The summed E-state index contributed by atoms with van der Waals surface area (Å²) in [6.45, 7) is 14.3. The van der Waals surface area contributed by atoms with Crippen LogP contribution in [0.2, 0.25) is 18.1 Å². The Balaban J connectivity index is 3.23. The minimum atomic E-state index is -1.33. The lowest BCUT2D eigenvalue weighted by molar-refractivity contribution is 0.729. The van der Waals surface area contributed by atoms with Crippen LogP contribution in [0.4, 0.5) is 0 Å². The van der Waals surface area contributed by atoms with E-state index < -0.39 is 8.07 Å². The standard InChI is InChI=1S/C13H22Si/c1-11-9-7-8-10-12(11)14(5,6)13(2,3)4/h7-10H,1-6H3. The minimum Gasteiger partial charge on any atom is -0.0650 e. The van der Waals surface area contributed by atoms with Gasteiger partial charge in [-0.15, -0.1) is 0 Å². The summed E-state index contributed by atoms with van der Waals surface area (Å²) in [5, 5.41) is 2.03. The third-order valence-electron chi connectivity index (χ3n) is 3.69. The fraction of sp³-hybridized carbons (Fsp3) is 0.538. The predicted octanol–water partition coefficient (Wildman–Crippen LogP) is 3.71. The van der Waals surface area contributed by atoms with Gasteiger partial charge in [0.25, 0.3) is 0 Å². The maximum absolute atomic E-state index is 2.47. The van der Waals surface area contributed by atoms with E-state index in [0.29, 0.717) is 5.04 Å². The first-order valence-corrected chi connectivity index (χ1v) is 8.33. The second-order valence-electron chi connectivity index (χ2n) is 5.69. The number of aryl methyl sites for hydroxylation is 1. The second-order valence-corrected chi connectivity index (χ2v) is 11.0. The van der Waals surface area contributed by atoms with E-state index >= 15 is 0 Å².